The first-order valence-corrected chi connectivity index (χ1v) is 3.47. The van der Waals surface area contributed by atoms with E-state index in [9.17, 15) is 0 Å². The van der Waals surface area contributed by atoms with Crippen LogP contribution in [-0.4, -0.2) is 11.8 Å². The zero-order valence-electron chi connectivity index (χ0n) is 5.85. The van der Waals surface area contributed by atoms with Gasteiger partial charge in [-0.25, -0.2) is 0 Å². The lowest BCUT2D eigenvalue weighted by atomic mass is 10.4. The summed E-state index contributed by atoms with van der Waals surface area (Å²) in [7, 11) is 0. The zero-order chi connectivity index (χ0) is 7.11. The molecule has 0 spiro atoms. The number of oxime groups is 1. The Labute approximate surface area is 60.8 Å². The first kappa shape index (κ1) is 8.76. The van der Waals surface area contributed by atoms with Gasteiger partial charge in [-0.1, -0.05) is 30.1 Å². The molecule has 0 heterocycles. The minimum Gasteiger partial charge on any atom is -0.395 e. The Balaban J connectivity index is 3.00. The number of halogens is 1. The van der Waals surface area contributed by atoms with Crippen LogP contribution in [0.1, 0.15) is 26.7 Å². The summed E-state index contributed by atoms with van der Waals surface area (Å²) in [5.41, 5.74) is 0. The molecule has 0 fully saturated rings. The summed E-state index contributed by atoms with van der Waals surface area (Å²) in [6.07, 6.45) is 2.16. The van der Waals surface area contributed by atoms with E-state index in [1.165, 1.54) is 0 Å². The molecule has 0 bridgehead atoms. The average molecular weight is 150 g/mol. The van der Waals surface area contributed by atoms with Gasteiger partial charge in [-0.15, -0.1) is 0 Å². The molecule has 0 saturated carbocycles. The van der Waals surface area contributed by atoms with Crippen molar-refractivity contribution in [2.75, 3.05) is 6.61 Å². The van der Waals surface area contributed by atoms with Crippen molar-refractivity contribution in [1.29, 1.82) is 0 Å². The lowest BCUT2D eigenvalue weighted by Crippen LogP contribution is -1.87. The Morgan fingerprint density at radius 1 is 1.67 bits per heavy atom. The lowest BCUT2D eigenvalue weighted by Gasteiger charge is -1.94. The normalized spacial score (nSPS) is 11.7. The van der Waals surface area contributed by atoms with E-state index in [1.54, 1.807) is 6.92 Å². The second-order valence-corrected chi connectivity index (χ2v) is 2.32. The first-order valence-electron chi connectivity index (χ1n) is 3.09. The predicted octanol–water partition coefficient (Wildman–Crippen LogP) is 2.38. The average Bonchev–Trinajstić information content (AvgIpc) is 1.80. The van der Waals surface area contributed by atoms with Gasteiger partial charge in [0.05, 0.1) is 0 Å². The van der Waals surface area contributed by atoms with Crippen molar-refractivity contribution in [3.63, 3.8) is 0 Å². The van der Waals surface area contributed by atoms with Crippen molar-refractivity contribution in [1.82, 2.24) is 0 Å². The summed E-state index contributed by atoms with van der Waals surface area (Å²) in [4.78, 5) is 4.79. The van der Waals surface area contributed by atoms with Gasteiger partial charge in [0.15, 0.2) is 0 Å². The Kier molecular flexibility index (Phi) is 5.73. The molecule has 0 saturated heterocycles. The number of unbranched alkanes of at least 4 members (excludes halogenated alkanes) is 1. The van der Waals surface area contributed by atoms with Gasteiger partial charge in [0.1, 0.15) is 11.8 Å². The van der Waals surface area contributed by atoms with E-state index < -0.39 is 0 Å². The molecule has 0 aromatic rings. The van der Waals surface area contributed by atoms with Crippen molar-refractivity contribution >= 4 is 16.8 Å². The minimum absolute atomic E-state index is 0.450. The monoisotopic (exact) mass is 149 g/mol. The fourth-order valence-electron chi connectivity index (χ4n) is 0.343. The third-order valence-electron chi connectivity index (χ3n) is 0.780. The predicted molar refractivity (Wildman–Crippen MR) is 39.8 cm³/mol. The van der Waals surface area contributed by atoms with Gasteiger partial charge in [0.2, 0.25) is 0 Å². The van der Waals surface area contributed by atoms with Gasteiger partial charge in [0.25, 0.3) is 0 Å². The maximum absolute atomic E-state index is 5.38. The van der Waals surface area contributed by atoms with Crippen LogP contribution in [0.3, 0.4) is 0 Å². The molecule has 0 rings (SSSR count). The molecule has 3 heteroatoms. The molecular weight excluding hydrogens is 138 g/mol. The highest BCUT2D eigenvalue weighted by molar-refractivity contribution is 6.64. The maximum atomic E-state index is 5.38. The van der Waals surface area contributed by atoms with E-state index in [1.807, 2.05) is 0 Å². The number of nitrogens with zero attached hydrogens (tertiary/aromatic N) is 1. The summed E-state index contributed by atoms with van der Waals surface area (Å²) in [5.74, 6) is 0. The molecule has 0 aliphatic rings. The van der Waals surface area contributed by atoms with E-state index in [4.69, 9.17) is 16.4 Å². The maximum Gasteiger partial charge on any atom is 0.142 e. The molecule has 0 unspecified atom stereocenters. The summed E-state index contributed by atoms with van der Waals surface area (Å²) >= 11 is 5.38. The van der Waals surface area contributed by atoms with E-state index in [-0.39, 0.29) is 0 Å². The molecule has 54 valence electrons. The molecule has 0 aliphatic heterocycles. The van der Waals surface area contributed by atoms with Crippen LogP contribution in [-0.2, 0) is 4.84 Å². The fraction of sp³-hybridized carbons (Fsp3) is 0.833. The fourth-order valence-corrected chi connectivity index (χ4v) is 0.392. The van der Waals surface area contributed by atoms with Crippen LogP contribution < -0.4 is 0 Å². The Bertz CT molecular complexity index is 89.1. The molecule has 0 atom stereocenters. The SMILES string of the molecule is CCCCON=C(C)Cl. The first-order chi connectivity index (χ1) is 4.27. The number of rotatable bonds is 4. The van der Waals surface area contributed by atoms with Crippen LogP contribution in [0.15, 0.2) is 5.16 Å². The Hall–Kier alpha value is -0.240. The lowest BCUT2D eigenvalue weighted by molar-refractivity contribution is 0.142. The van der Waals surface area contributed by atoms with Gasteiger partial charge >= 0.3 is 0 Å². The Morgan fingerprint density at radius 3 is 2.78 bits per heavy atom. The zero-order valence-corrected chi connectivity index (χ0v) is 6.61. The third-order valence-corrected chi connectivity index (χ3v) is 0.849. The summed E-state index contributed by atoms with van der Waals surface area (Å²) in [5, 5.41) is 3.99. The molecule has 0 radical (unpaired) electrons. The van der Waals surface area contributed by atoms with Crippen LogP contribution >= 0.6 is 11.6 Å². The van der Waals surface area contributed by atoms with Crippen LogP contribution in [0, 0.1) is 0 Å². The largest absolute Gasteiger partial charge is 0.395 e. The molecule has 0 aliphatic carbocycles. The Morgan fingerprint density at radius 2 is 2.33 bits per heavy atom. The highest BCUT2D eigenvalue weighted by atomic mass is 35.5. The van der Waals surface area contributed by atoms with Gasteiger partial charge in [0, 0.05) is 0 Å². The van der Waals surface area contributed by atoms with Crippen molar-refractivity contribution in [3.05, 3.63) is 0 Å². The van der Waals surface area contributed by atoms with Crippen LogP contribution in [0.25, 0.3) is 0 Å². The highest BCUT2D eigenvalue weighted by Gasteiger charge is 1.82. The van der Waals surface area contributed by atoms with E-state index >= 15 is 0 Å². The van der Waals surface area contributed by atoms with Gasteiger partial charge in [-0.3, -0.25) is 0 Å². The third kappa shape index (κ3) is 7.76. The van der Waals surface area contributed by atoms with E-state index in [0.29, 0.717) is 11.8 Å². The topological polar surface area (TPSA) is 21.6 Å². The number of hydrogen-bond donors (Lipinski definition) is 0. The minimum atomic E-state index is 0.450. The van der Waals surface area contributed by atoms with Crippen molar-refractivity contribution in [2.24, 2.45) is 5.16 Å². The molecule has 0 amide bonds. The standard InChI is InChI=1S/C6H12ClNO/c1-3-4-5-9-8-6(2)7/h3-5H2,1-2H3. The van der Waals surface area contributed by atoms with Gasteiger partial charge in [-0.05, 0) is 13.3 Å². The van der Waals surface area contributed by atoms with Crippen LogP contribution in [0.4, 0.5) is 0 Å². The second kappa shape index (κ2) is 5.89. The molecule has 9 heavy (non-hydrogen) atoms. The van der Waals surface area contributed by atoms with Gasteiger partial charge in [-0.2, -0.15) is 0 Å². The quantitative estimate of drug-likeness (QED) is 0.342. The summed E-state index contributed by atoms with van der Waals surface area (Å²) in [6, 6.07) is 0. The molecule has 0 aromatic carbocycles. The smallest absolute Gasteiger partial charge is 0.142 e. The molecule has 2 nitrogen and oxygen atoms in total. The molecule has 0 aromatic heterocycles. The second-order valence-electron chi connectivity index (χ2n) is 1.78. The highest BCUT2D eigenvalue weighted by Crippen LogP contribution is 1.90. The van der Waals surface area contributed by atoms with Gasteiger partial charge < -0.3 is 4.84 Å². The van der Waals surface area contributed by atoms with Crippen LogP contribution in [0.2, 0.25) is 0 Å². The summed E-state index contributed by atoms with van der Waals surface area (Å²) in [6.45, 7) is 4.45. The molecular formula is C6H12ClNO. The van der Waals surface area contributed by atoms with E-state index in [2.05, 4.69) is 12.1 Å². The van der Waals surface area contributed by atoms with E-state index in [0.717, 1.165) is 12.8 Å². The number of hydrogen-bond acceptors (Lipinski definition) is 2. The summed E-state index contributed by atoms with van der Waals surface area (Å²) < 4.78 is 0. The van der Waals surface area contributed by atoms with Crippen molar-refractivity contribution < 1.29 is 4.84 Å². The van der Waals surface area contributed by atoms with Crippen molar-refractivity contribution in [2.45, 2.75) is 26.7 Å². The van der Waals surface area contributed by atoms with Crippen LogP contribution in [0.5, 0.6) is 0 Å². The van der Waals surface area contributed by atoms with Crippen molar-refractivity contribution in [3.8, 4) is 0 Å². The molecule has 0 N–H and O–H groups in total.